The van der Waals surface area contributed by atoms with Crippen LogP contribution in [-0.2, 0) is 32.6 Å². The zero-order valence-corrected chi connectivity index (χ0v) is 24.6. The molecule has 12 heteroatoms. The Morgan fingerprint density at radius 2 is 1.71 bits per heavy atom. The summed E-state index contributed by atoms with van der Waals surface area (Å²) in [5.74, 6) is -1.83. The molecule has 0 aliphatic heterocycles. The van der Waals surface area contributed by atoms with Crippen LogP contribution in [0.1, 0.15) is 36.5 Å². The van der Waals surface area contributed by atoms with Gasteiger partial charge in [0.15, 0.2) is 0 Å². The number of aryl methyl sites for hydroxylation is 1. The largest absolute Gasteiger partial charge is 0.354 e. The number of anilines is 1. The molecule has 0 aromatic heterocycles. The molecule has 1 atom stereocenters. The minimum Gasteiger partial charge on any atom is -0.354 e. The number of hydrogen-bond donors (Lipinski definition) is 1. The standard InChI is InChI=1S/C30H35FN4O6S/c1-4-5-17-32-30(37)28(18-23-11-7-6-8-12-23)33(20-24-13-9-10-14-26(24)31)29(36)21-34(42(3,40)41)27-19-25(35(38)39)16-15-22(27)2/h6-16,19,28H,4-5,17-18,20-21H2,1-3H3,(H,32,37)/t28-/m1/s1. The first-order valence-electron chi connectivity index (χ1n) is 13.5. The van der Waals surface area contributed by atoms with Crippen LogP contribution in [0.15, 0.2) is 72.8 Å². The second-order valence-corrected chi connectivity index (χ2v) is 11.9. The van der Waals surface area contributed by atoms with E-state index in [4.69, 9.17) is 0 Å². The van der Waals surface area contributed by atoms with Crippen molar-refractivity contribution in [2.45, 2.75) is 45.7 Å². The monoisotopic (exact) mass is 598 g/mol. The lowest BCUT2D eigenvalue weighted by atomic mass is 10.0. The molecule has 2 amide bonds. The molecule has 3 aromatic carbocycles. The fourth-order valence-corrected chi connectivity index (χ4v) is 5.34. The van der Waals surface area contributed by atoms with Crippen LogP contribution < -0.4 is 9.62 Å². The maximum absolute atomic E-state index is 14.8. The predicted octanol–water partition coefficient (Wildman–Crippen LogP) is 4.36. The quantitative estimate of drug-likeness (QED) is 0.167. The van der Waals surface area contributed by atoms with E-state index in [-0.39, 0.29) is 29.9 Å². The van der Waals surface area contributed by atoms with Crippen LogP contribution in [-0.4, -0.2) is 55.4 Å². The van der Waals surface area contributed by atoms with Crippen LogP contribution >= 0.6 is 0 Å². The molecular weight excluding hydrogens is 563 g/mol. The minimum atomic E-state index is -4.13. The third kappa shape index (κ3) is 8.59. The Bertz CT molecular complexity index is 1520. The highest BCUT2D eigenvalue weighted by Gasteiger charge is 2.34. The predicted molar refractivity (Wildman–Crippen MR) is 159 cm³/mol. The average molecular weight is 599 g/mol. The molecule has 3 rings (SSSR count). The number of benzene rings is 3. The van der Waals surface area contributed by atoms with E-state index in [1.165, 1.54) is 35.2 Å². The van der Waals surface area contributed by atoms with Crippen molar-refractivity contribution < 1.29 is 27.3 Å². The molecule has 0 aliphatic rings. The highest BCUT2D eigenvalue weighted by molar-refractivity contribution is 7.92. The van der Waals surface area contributed by atoms with Gasteiger partial charge in [0.1, 0.15) is 18.4 Å². The number of nitro groups is 1. The van der Waals surface area contributed by atoms with Gasteiger partial charge < -0.3 is 10.2 Å². The molecule has 224 valence electrons. The molecule has 0 fully saturated rings. The Labute approximate surface area is 245 Å². The summed E-state index contributed by atoms with van der Waals surface area (Å²) in [6.45, 7) is 2.83. The number of nitro benzene ring substituents is 1. The van der Waals surface area contributed by atoms with E-state index in [1.807, 2.05) is 13.0 Å². The van der Waals surface area contributed by atoms with Gasteiger partial charge in [-0.05, 0) is 30.5 Å². The lowest BCUT2D eigenvalue weighted by Gasteiger charge is -2.33. The number of sulfonamides is 1. The van der Waals surface area contributed by atoms with Gasteiger partial charge in [0.2, 0.25) is 21.8 Å². The number of unbranched alkanes of at least 4 members (excludes halogenated alkanes) is 1. The van der Waals surface area contributed by atoms with E-state index in [9.17, 15) is 32.5 Å². The second-order valence-electron chi connectivity index (χ2n) is 9.96. The van der Waals surface area contributed by atoms with E-state index < -0.39 is 45.2 Å². The maximum atomic E-state index is 14.8. The van der Waals surface area contributed by atoms with E-state index in [0.29, 0.717) is 18.5 Å². The van der Waals surface area contributed by atoms with Gasteiger partial charge in [0, 0.05) is 37.2 Å². The summed E-state index contributed by atoms with van der Waals surface area (Å²) in [4.78, 5) is 39.6. The Kier molecular flexibility index (Phi) is 11.1. The average Bonchev–Trinajstić information content (AvgIpc) is 2.94. The molecule has 0 saturated heterocycles. The molecule has 0 spiro atoms. The first-order chi connectivity index (χ1) is 19.9. The van der Waals surface area contributed by atoms with Crippen molar-refractivity contribution in [3.63, 3.8) is 0 Å². The van der Waals surface area contributed by atoms with Crippen LogP contribution in [0.2, 0.25) is 0 Å². The number of nitrogens with zero attached hydrogens (tertiary/aromatic N) is 3. The zero-order chi connectivity index (χ0) is 30.9. The second kappa shape index (κ2) is 14.5. The summed E-state index contributed by atoms with van der Waals surface area (Å²) >= 11 is 0. The number of amides is 2. The van der Waals surface area contributed by atoms with Crippen LogP contribution in [0, 0.1) is 22.9 Å². The Balaban J connectivity index is 2.10. The van der Waals surface area contributed by atoms with Crippen molar-refractivity contribution in [1.29, 1.82) is 0 Å². The molecule has 3 aromatic rings. The molecule has 0 heterocycles. The topological polar surface area (TPSA) is 130 Å². The molecule has 42 heavy (non-hydrogen) atoms. The van der Waals surface area contributed by atoms with Gasteiger partial charge >= 0.3 is 0 Å². The van der Waals surface area contributed by atoms with Gasteiger partial charge in [-0.3, -0.25) is 24.0 Å². The number of nitrogens with one attached hydrogen (secondary N) is 1. The molecule has 10 nitrogen and oxygen atoms in total. The number of carbonyl (C=O) groups excluding carboxylic acids is 2. The number of rotatable bonds is 14. The smallest absolute Gasteiger partial charge is 0.271 e. The fourth-order valence-electron chi connectivity index (χ4n) is 4.45. The van der Waals surface area contributed by atoms with Crippen LogP contribution in [0.4, 0.5) is 15.8 Å². The molecule has 0 radical (unpaired) electrons. The van der Waals surface area contributed by atoms with Crippen molar-refractivity contribution >= 4 is 33.2 Å². The van der Waals surface area contributed by atoms with Crippen molar-refractivity contribution in [3.8, 4) is 0 Å². The Morgan fingerprint density at radius 3 is 2.33 bits per heavy atom. The Morgan fingerprint density at radius 1 is 1.05 bits per heavy atom. The van der Waals surface area contributed by atoms with E-state index in [2.05, 4.69) is 5.32 Å². The molecule has 0 unspecified atom stereocenters. The molecule has 1 N–H and O–H groups in total. The third-order valence-corrected chi connectivity index (χ3v) is 7.88. The summed E-state index contributed by atoms with van der Waals surface area (Å²) in [7, 11) is -4.13. The van der Waals surface area contributed by atoms with Crippen LogP contribution in [0.3, 0.4) is 0 Å². The highest BCUT2D eigenvalue weighted by Crippen LogP contribution is 2.28. The summed E-state index contributed by atoms with van der Waals surface area (Å²) in [6, 6.07) is 17.4. The summed E-state index contributed by atoms with van der Waals surface area (Å²) in [6.07, 6.45) is 2.51. The SMILES string of the molecule is CCCCNC(=O)[C@@H](Cc1ccccc1)N(Cc1ccccc1F)C(=O)CN(c1cc([N+](=O)[O-])ccc1C)S(C)(=O)=O. The number of non-ortho nitro benzene ring substituents is 1. The summed E-state index contributed by atoms with van der Waals surface area (Å²) in [5, 5.41) is 14.3. The van der Waals surface area contributed by atoms with Crippen LogP contribution in [0.5, 0.6) is 0 Å². The third-order valence-electron chi connectivity index (χ3n) is 6.75. The summed E-state index contributed by atoms with van der Waals surface area (Å²) < 4.78 is 41.5. The fraction of sp³-hybridized carbons (Fsp3) is 0.333. The van der Waals surface area contributed by atoms with Gasteiger partial charge in [-0.2, -0.15) is 0 Å². The van der Waals surface area contributed by atoms with Gasteiger partial charge in [-0.15, -0.1) is 0 Å². The van der Waals surface area contributed by atoms with Crippen molar-refractivity contribution in [1.82, 2.24) is 10.2 Å². The zero-order valence-electron chi connectivity index (χ0n) is 23.8. The van der Waals surface area contributed by atoms with E-state index >= 15 is 0 Å². The number of halogens is 1. The first kappa shape index (κ1) is 32.2. The molecule has 0 aliphatic carbocycles. The number of carbonyl (C=O) groups is 2. The lowest BCUT2D eigenvalue weighted by molar-refractivity contribution is -0.384. The summed E-state index contributed by atoms with van der Waals surface area (Å²) in [5.41, 5.74) is 0.879. The Hall–Kier alpha value is -4.32. The molecule has 0 saturated carbocycles. The first-order valence-corrected chi connectivity index (χ1v) is 15.3. The maximum Gasteiger partial charge on any atom is 0.271 e. The minimum absolute atomic E-state index is 0.0436. The normalized spacial score (nSPS) is 11.9. The molecule has 0 bridgehead atoms. The van der Waals surface area contributed by atoms with Crippen LogP contribution in [0.25, 0.3) is 0 Å². The van der Waals surface area contributed by atoms with Gasteiger partial charge in [-0.25, -0.2) is 12.8 Å². The molecular formula is C30H35FN4O6S. The highest BCUT2D eigenvalue weighted by atomic mass is 32.2. The van der Waals surface area contributed by atoms with E-state index in [1.54, 1.807) is 37.3 Å². The van der Waals surface area contributed by atoms with Crippen molar-refractivity contribution in [3.05, 3.63) is 105 Å². The van der Waals surface area contributed by atoms with Crippen molar-refractivity contribution in [2.75, 3.05) is 23.7 Å². The van der Waals surface area contributed by atoms with Crippen molar-refractivity contribution in [2.24, 2.45) is 0 Å². The number of hydrogen-bond acceptors (Lipinski definition) is 6. The van der Waals surface area contributed by atoms with Gasteiger partial charge in [0.05, 0.1) is 16.9 Å². The van der Waals surface area contributed by atoms with Gasteiger partial charge in [0.25, 0.3) is 5.69 Å². The lowest BCUT2D eigenvalue weighted by Crippen LogP contribution is -2.53. The van der Waals surface area contributed by atoms with E-state index in [0.717, 1.165) is 28.6 Å². The van der Waals surface area contributed by atoms with Gasteiger partial charge in [-0.1, -0.05) is 67.9 Å².